The molecule has 0 saturated carbocycles. The van der Waals surface area contributed by atoms with E-state index in [1.807, 2.05) is 0 Å². The van der Waals surface area contributed by atoms with Crippen LogP contribution in [-0.4, -0.2) is 42.9 Å². The highest BCUT2D eigenvalue weighted by Gasteiger charge is 2.28. The molecule has 0 unspecified atom stereocenters. The Balaban J connectivity index is 1.91. The lowest BCUT2D eigenvalue weighted by Gasteiger charge is -2.31. The molecule has 1 N–H and O–H groups in total. The highest BCUT2D eigenvalue weighted by Crippen LogP contribution is 2.13. The third-order valence-electron chi connectivity index (χ3n) is 4.56. The van der Waals surface area contributed by atoms with Crippen molar-refractivity contribution in [2.24, 2.45) is 0 Å². The minimum absolute atomic E-state index is 0.0677. The summed E-state index contributed by atoms with van der Waals surface area (Å²) < 4.78 is 25.2. The molecule has 26 heavy (non-hydrogen) atoms. The van der Waals surface area contributed by atoms with E-state index in [1.54, 1.807) is 26.3 Å². The van der Waals surface area contributed by atoms with E-state index in [0.717, 1.165) is 0 Å². The summed E-state index contributed by atoms with van der Waals surface area (Å²) in [5.74, 6) is -0.838. The van der Waals surface area contributed by atoms with Gasteiger partial charge in [0.15, 0.2) is 0 Å². The third-order valence-corrected chi connectivity index (χ3v) is 4.56. The second-order valence-electron chi connectivity index (χ2n) is 6.24. The molecule has 0 bridgehead atoms. The van der Waals surface area contributed by atoms with E-state index in [2.05, 4.69) is 5.32 Å². The second kappa shape index (κ2) is 7.80. The molecule has 7 heteroatoms. The number of methoxy groups -OCH3 is 1. The maximum atomic E-state index is 13.1. The van der Waals surface area contributed by atoms with Crippen LogP contribution in [0.5, 0.6) is 0 Å². The van der Waals surface area contributed by atoms with E-state index in [4.69, 9.17) is 9.47 Å². The minimum atomic E-state index is -0.449. The predicted molar refractivity (Wildman–Crippen MR) is 94.2 cm³/mol. The molecule has 1 aliphatic rings. The molecule has 1 fully saturated rings. The van der Waals surface area contributed by atoms with Crippen molar-refractivity contribution in [1.29, 1.82) is 0 Å². The Kier molecular flexibility index (Phi) is 5.49. The summed E-state index contributed by atoms with van der Waals surface area (Å²) in [5, 5.41) is 2.89. The van der Waals surface area contributed by atoms with Crippen molar-refractivity contribution in [3.8, 4) is 5.69 Å². The lowest BCUT2D eigenvalue weighted by Crippen LogP contribution is -2.50. The number of amides is 1. The van der Waals surface area contributed by atoms with Crippen LogP contribution >= 0.6 is 0 Å². The molecule has 1 saturated heterocycles. The number of rotatable bonds is 4. The summed E-state index contributed by atoms with van der Waals surface area (Å²) in [6.45, 7) is 2.64. The van der Waals surface area contributed by atoms with Crippen molar-refractivity contribution < 1.29 is 18.7 Å². The van der Waals surface area contributed by atoms with Crippen molar-refractivity contribution in [2.75, 3.05) is 20.3 Å². The van der Waals surface area contributed by atoms with Crippen LogP contribution in [0.4, 0.5) is 4.39 Å². The van der Waals surface area contributed by atoms with Gasteiger partial charge in [-0.25, -0.2) is 4.39 Å². The highest BCUT2D eigenvalue weighted by atomic mass is 19.1. The van der Waals surface area contributed by atoms with Crippen LogP contribution in [0.2, 0.25) is 0 Å². The molecule has 2 heterocycles. The number of nitrogens with one attached hydrogen (secondary N) is 1. The quantitative estimate of drug-likeness (QED) is 0.903. The fourth-order valence-electron chi connectivity index (χ4n) is 3.06. The van der Waals surface area contributed by atoms with E-state index in [1.165, 1.54) is 28.8 Å². The first-order valence-corrected chi connectivity index (χ1v) is 8.41. The smallest absolute Gasteiger partial charge is 0.268 e. The molecule has 1 amide bonds. The molecule has 2 atom stereocenters. The normalized spacial score (nSPS) is 20.0. The monoisotopic (exact) mass is 360 g/mol. The van der Waals surface area contributed by atoms with E-state index in [0.29, 0.717) is 30.9 Å². The van der Waals surface area contributed by atoms with Gasteiger partial charge in [0.1, 0.15) is 17.5 Å². The van der Waals surface area contributed by atoms with Crippen LogP contribution in [0.15, 0.2) is 41.3 Å². The number of hydrogen-bond acceptors (Lipinski definition) is 4. The Morgan fingerprint density at radius 1 is 1.31 bits per heavy atom. The highest BCUT2D eigenvalue weighted by molar-refractivity contribution is 5.95. The van der Waals surface area contributed by atoms with E-state index in [9.17, 15) is 14.0 Å². The van der Waals surface area contributed by atoms with Crippen molar-refractivity contribution in [1.82, 2.24) is 9.88 Å². The molecule has 6 nitrogen and oxygen atoms in total. The standard InChI is InChI=1S/C19H21FN2O4/c1-12-7-9-22(14-5-3-13(20)4-6-14)19(24)17(12)18(23)21-15-8-10-26-11-16(15)25-2/h3-7,9,15-16H,8,10-11H2,1-2H3,(H,21,23)/t15-,16-/m0/s1. The van der Waals surface area contributed by atoms with Crippen LogP contribution in [0.1, 0.15) is 22.3 Å². The van der Waals surface area contributed by atoms with Crippen molar-refractivity contribution in [3.05, 3.63) is 63.8 Å². The van der Waals surface area contributed by atoms with Gasteiger partial charge in [0.25, 0.3) is 11.5 Å². The molecule has 2 aromatic rings. The Labute approximate surface area is 150 Å². The van der Waals surface area contributed by atoms with Gasteiger partial charge in [-0.3, -0.25) is 14.2 Å². The summed E-state index contributed by atoms with van der Waals surface area (Å²) >= 11 is 0. The fraction of sp³-hybridized carbons (Fsp3) is 0.368. The van der Waals surface area contributed by atoms with Gasteiger partial charge in [-0.05, 0) is 49.2 Å². The zero-order valence-electron chi connectivity index (χ0n) is 14.7. The second-order valence-corrected chi connectivity index (χ2v) is 6.24. The average molecular weight is 360 g/mol. The van der Waals surface area contributed by atoms with Crippen LogP contribution in [0.25, 0.3) is 5.69 Å². The van der Waals surface area contributed by atoms with Gasteiger partial charge in [-0.2, -0.15) is 0 Å². The Morgan fingerprint density at radius 3 is 2.73 bits per heavy atom. The fourth-order valence-corrected chi connectivity index (χ4v) is 3.06. The zero-order chi connectivity index (χ0) is 18.7. The first-order valence-electron chi connectivity index (χ1n) is 8.41. The van der Waals surface area contributed by atoms with Crippen LogP contribution in [-0.2, 0) is 9.47 Å². The number of aryl methyl sites for hydroxylation is 1. The molecular weight excluding hydrogens is 339 g/mol. The van der Waals surface area contributed by atoms with E-state index >= 15 is 0 Å². The Morgan fingerprint density at radius 2 is 2.04 bits per heavy atom. The first kappa shape index (κ1) is 18.3. The maximum Gasteiger partial charge on any atom is 0.268 e. The molecule has 0 radical (unpaired) electrons. The van der Waals surface area contributed by atoms with Gasteiger partial charge < -0.3 is 14.8 Å². The molecule has 0 aliphatic carbocycles. The topological polar surface area (TPSA) is 69.6 Å². The van der Waals surface area contributed by atoms with Gasteiger partial charge in [0.05, 0.1) is 12.6 Å². The number of pyridine rings is 1. The lowest BCUT2D eigenvalue weighted by molar-refractivity contribution is -0.0479. The Hall–Kier alpha value is -2.51. The molecule has 1 aromatic carbocycles. The SMILES string of the molecule is CO[C@H]1COCC[C@@H]1NC(=O)c1c(C)ccn(-c2ccc(F)cc2)c1=O. The van der Waals surface area contributed by atoms with Gasteiger partial charge in [0, 0.05) is 25.6 Å². The number of carbonyl (C=O) groups excluding carboxylic acids is 1. The first-order chi connectivity index (χ1) is 12.5. The largest absolute Gasteiger partial charge is 0.379 e. The number of benzene rings is 1. The van der Waals surface area contributed by atoms with Gasteiger partial charge in [-0.1, -0.05) is 0 Å². The minimum Gasteiger partial charge on any atom is -0.379 e. The molecule has 3 rings (SSSR count). The van der Waals surface area contributed by atoms with E-state index in [-0.39, 0.29) is 17.7 Å². The van der Waals surface area contributed by atoms with Crippen molar-refractivity contribution in [3.63, 3.8) is 0 Å². The number of nitrogens with zero attached hydrogens (tertiary/aromatic N) is 1. The van der Waals surface area contributed by atoms with E-state index < -0.39 is 17.3 Å². The summed E-state index contributed by atoms with van der Waals surface area (Å²) in [7, 11) is 1.56. The van der Waals surface area contributed by atoms with Crippen LogP contribution in [0.3, 0.4) is 0 Å². The third kappa shape index (κ3) is 3.68. The van der Waals surface area contributed by atoms with Gasteiger partial charge >= 0.3 is 0 Å². The molecule has 0 spiro atoms. The number of hydrogen-bond donors (Lipinski definition) is 1. The maximum absolute atomic E-state index is 13.1. The van der Waals surface area contributed by atoms with Crippen molar-refractivity contribution >= 4 is 5.91 Å². The lowest BCUT2D eigenvalue weighted by atomic mass is 10.0. The van der Waals surface area contributed by atoms with Crippen molar-refractivity contribution in [2.45, 2.75) is 25.5 Å². The average Bonchev–Trinajstić information content (AvgIpc) is 2.63. The summed E-state index contributed by atoms with van der Waals surface area (Å²) in [4.78, 5) is 25.6. The molecule has 1 aliphatic heterocycles. The summed E-state index contributed by atoms with van der Waals surface area (Å²) in [6.07, 6.45) is 1.94. The molecule has 1 aromatic heterocycles. The predicted octanol–water partition coefficient (Wildman–Crippen LogP) is 1.82. The van der Waals surface area contributed by atoms with Crippen LogP contribution in [0, 0.1) is 12.7 Å². The number of aromatic nitrogens is 1. The Bertz CT molecular complexity index is 848. The number of ether oxygens (including phenoxy) is 2. The van der Waals surface area contributed by atoms with Gasteiger partial charge in [-0.15, -0.1) is 0 Å². The molecule has 138 valence electrons. The summed E-state index contributed by atoms with van der Waals surface area (Å²) in [6, 6.07) is 7.00. The van der Waals surface area contributed by atoms with Crippen LogP contribution < -0.4 is 10.9 Å². The van der Waals surface area contributed by atoms with Gasteiger partial charge in [0.2, 0.25) is 0 Å². The number of halogens is 1. The summed E-state index contributed by atoms with van der Waals surface area (Å²) in [5.41, 5.74) is 0.687. The number of carbonyl (C=O) groups is 1. The zero-order valence-corrected chi connectivity index (χ0v) is 14.7. The molecular formula is C19H21FN2O4.